The Morgan fingerprint density at radius 3 is 2.62 bits per heavy atom. The Kier molecular flexibility index (Phi) is 6.86. The van der Waals surface area contributed by atoms with Crippen LogP contribution < -0.4 is 10.8 Å². The summed E-state index contributed by atoms with van der Waals surface area (Å²) in [5.41, 5.74) is 2.00. The van der Waals surface area contributed by atoms with Gasteiger partial charge < -0.3 is 14.8 Å². The second-order valence-corrected chi connectivity index (χ2v) is 4.31. The lowest BCUT2D eigenvalue weighted by Gasteiger charge is -2.16. The van der Waals surface area contributed by atoms with Gasteiger partial charge in [0, 0.05) is 6.07 Å². The van der Waals surface area contributed by atoms with Crippen molar-refractivity contribution in [1.29, 1.82) is 0 Å². The second-order valence-electron chi connectivity index (χ2n) is 3.93. The highest BCUT2D eigenvalue weighted by Crippen LogP contribution is 2.19. The Balaban J connectivity index is 2.98. The fraction of sp³-hybridized carbons (Fsp3) is 0.417. The van der Waals surface area contributed by atoms with Crippen LogP contribution in [0.4, 0.5) is 11.5 Å². The minimum atomic E-state index is -0.947. The highest BCUT2D eigenvalue weighted by Gasteiger charge is 2.25. The topological polar surface area (TPSA) is 103 Å². The summed E-state index contributed by atoms with van der Waals surface area (Å²) in [5.74, 6) is -0.883. The van der Waals surface area contributed by atoms with Crippen molar-refractivity contribution >= 4 is 35.0 Å². The van der Waals surface area contributed by atoms with E-state index in [9.17, 15) is 9.59 Å². The van der Waals surface area contributed by atoms with Gasteiger partial charge in [-0.1, -0.05) is 11.6 Å². The smallest absolute Gasteiger partial charge is 0.328 e. The Labute approximate surface area is 126 Å². The molecule has 0 amide bonds. The van der Waals surface area contributed by atoms with Gasteiger partial charge in [-0.15, -0.1) is 0 Å². The van der Waals surface area contributed by atoms with Crippen LogP contribution in [0.15, 0.2) is 12.1 Å². The van der Waals surface area contributed by atoms with Crippen molar-refractivity contribution in [3.8, 4) is 0 Å². The van der Waals surface area contributed by atoms with E-state index in [-0.39, 0.29) is 11.6 Å². The maximum Gasteiger partial charge on any atom is 0.328 e. The zero-order valence-electron chi connectivity index (χ0n) is 11.9. The lowest BCUT2D eigenvalue weighted by Crippen LogP contribution is -2.76. The van der Waals surface area contributed by atoms with Crippen LogP contribution in [0.5, 0.6) is 0 Å². The molecule has 8 nitrogen and oxygen atoms in total. The Hall–Kier alpha value is -1.90. The predicted molar refractivity (Wildman–Crippen MR) is 73.9 cm³/mol. The van der Waals surface area contributed by atoms with E-state index in [2.05, 4.69) is 19.8 Å². The molecule has 0 spiro atoms. The first-order chi connectivity index (χ1) is 10.0. The summed E-state index contributed by atoms with van der Waals surface area (Å²) in [4.78, 5) is 32.1. The number of halogens is 1. The molecule has 1 aromatic heterocycles. The molecular weight excluding hydrogens is 302 g/mol. The van der Waals surface area contributed by atoms with E-state index in [1.165, 1.54) is 26.8 Å². The van der Waals surface area contributed by atoms with Crippen LogP contribution in [0.3, 0.4) is 0 Å². The van der Waals surface area contributed by atoms with Gasteiger partial charge in [-0.3, -0.25) is 4.79 Å². The number of ether oxygens (including phenoxy) is 2. The number of quaternary nitrogens is 1. The molecule has 1 heterocycles. The average Bonchev–Trinajstić information content (AvgIpc) is 2.48. The van der Waals surface area contributed by atoms with E-state index in [1.54, 1.807) is 12.1 Å². The van der Waals surface area contributed by atoms with Crippen LogP contribution in [-0.2, 0) is 23.9 Å². The van der Waals surface area contributed by atoms with Crippen molar-refractivity contribution in [2.75, 3.05) is 26.6 Å². The molecule has 1 unspecified atom stereocenters. The number of esters is 2. The van der Waals surface area contributed by atoms with Crippen LogP contribution in [0, 0.1) is 0 Å². The molecule has 0 saturated carbocycles. The third-order valence-electron chi connectivity index (χ3n) is 2.53. The predicted octanol–water partition coefficient (Wildman–Crippen LogP) is 0.00790. The quantitative estimate of drug-likeness (QED) is 0.414. The summed E-state index contributed by atoms with van der Waals surface area (Å²) < 4.78 is 9.20. The molecule has 0 saturated heterocycles. The van der Waals surface area contributed by atoms with Crippen molar-refractivity contribution in [3.05, 3.63) is 17.3 Å². The third kappa shape index (κ3) is 5.18. The number of hydrogen-bond donors (Lipinski definition) is 2. The number of rotatable bonds is 7. The minimum Gasteiger partial charge on any atom is -0.469 e. The summed E-state index contributed by atoms with van der Waals surface area (Å²) >= 11 is 5.83. The van der Waals surface area contributed by atoms with Gasteiger partial charge in [0.05, 0.1) is 27.8 Å². The third-order valence-corrected chi connectivity index (χ3v) is 2.74. The molecule has 21 heavy (non-hydrogen) atoms. The monoisotopic (exact) mass is 318 g/mol. The summed E-state index contributed by atoms with van der Waals surface area (Å²) in [7, 11) is 3.94. The van der Waals surface area contributed by atoms with Gasteiger partial charge in [0.25, 0.3) is 0 Å². The second kappa shape index (κ2) is 8.40. The number of carbonyl (C=O) groups excluding carboxylic acids is 2. The molecule has 3 N–H and O–H groups in total. The van der Waals surface area contributed by atoms with Crippen molar-refractivity contribution in [1.82, 2.24) is 4.98 Å². The lowest BCUT2D eigenvalue weighted by molar-refractivity contribution is -0.829. The SMILES string of the molecule is CO[NH2+]c1ccc(Cl)nc1NC(CC(=O)OC)C(=O)OC. The molecule has 1 atom stereocenters. The van der Waals surface area contributed by atoms with E-state index >= 15 is 0 Å². The Bertz CT molecular complexity index is 512. The van der Waals surface area contributed by atoms with Crippen molar-refractivity contribution in [2.45, 2.75) is 12.5 Å². The first kappa shape index (κ1) is 17.2. The zero-order valence-corrected chi connectivity index (χ0v) is 12.6. The lowest BCUT2D eigenvalue weighted by atomic mass is 10.2. The van der Waals surface area contributed by atoms with Crippen LogP contribution in [0.2, 0.25) is 5.15 Å². The molecular formula is C12H17ClN3O5+. The Morgan fingerprint density at radius 2 is 2.05 bits per heavy atom. The fourth-order valence-electron chi connectivity index (χ4n) is 1.53. The van der Waals surface area contributed by atoms with E-state index < -0.39 is 18.0 Å². The minimum absolute atomic E-state index is 0.205. The zero-order chi connectivity index (χ0) is 15.8. The van der Waals surface area contributed by atoms with Gasteiger partial charge in [0.1, 0.15) is 11.2 Å². The van der Waals surface area contributed by atoms with E-state index in [1.807, 2.05) is 0 Å². The number of aromatic nitrogens is 1. The van der Waals surface area contributed by atoms with Crippen molar-refractivity contribution < 1.29 is 29.4 Å². The van der Waals surface area contributed by atoms with Gasteiger partial charge in [-0.05, 0) is 6.07 Å². The number of nitrogens with two attached hydrogens (primary N) is 1. The van der Waals surface area contributed by atoms with Gasteiger partial charge in [0.2, 0.25) is 5.69 Å². The molecule has 0 aliphatic heterocycles. The molecule has 116 valence electrons. The molecule has 0 bridgehead atoms. The van der Waals surface area contributed by atoms with E-state index in [0.717, 1.165) is 0 Å². The van der Waals surface area contributed by atoms with E-state index in [4.69, 9.17) is 16.4 Å². The molecule has 1 aromatic rings. The molecule has 0 aromatic carbocycles. The van der Waals surface area contributed by atoms with Crippen LogP contribution in [0.25, 0.3) is 0 Å². The number of anilines is 1. The molecule has 0 radical (unpaired) electrons. The number of carbonyl (C=O) groups is 2. The highest BCUT2D eigenvalue weighted by atomic mass is 35.5. The number of methoxy groups -OCH3 is 2. The first-order valence-electron chi connectivity index (χ1n) is 5.95. The standard InChI is InChI=1S/C12H16ClN3O5/c1-19-10(17)6-8(12(18)20-2)14-11-7(16-21-3)4-5-9(13)15-11/h4-5,8,16H,6H2,1-3H3,(H,14,15)/p+1. The Morgan fingerprint density at radius 1 is 1.33 bits per heavy atom. The van der Waals surface area contributed by atoms with E-state index in [0.29, 0.717) is 11.5 Å². The van der Waals surface area contributed by atoms with Crippen LogP contribution in [-0.4, -0.2) is 44.3 Å². The van der Waals surface area contributed by atoms with Gasteiger partial charge >= 0.3 is 11.9 Å². The maximum absolute atomic E-state index is 11.7. The summed E-state index contributed by atoms with van der Waals surface area (Å²) in [6.45, 7) is 0. The average molecular weight is 319 g/mol. The maximum atomic E-state index is 11.7. The van der Waals surface area contributed by atoms with Crippen LogP contribution >= 0.6 is 11.6 Å². The number of nitrogens with one attached hydrogen (secondary N) is 1. The summed E-state index contributed by atoms with van der Waals surface area (Å²) in [6, 6.07) is 2.29. The van der Waals surface area contributed by atoms with Crippen LogP contribution in [0.1, 0.15) is 6.42 Å². The van der Waals surface area contributed by atoms with Gasteiger partial charge in [-0.25, -0.2) is 14.6 Å². The van der Waals surface area contributed by atoms with Crippen molar-refractivity contribution in [3.63, 3.8) is 0 Å². The van der Waals surface area contributed by atoms with Gasteiger partial charge in [-0.2, -0.15) is 5.48 Å². The molecule has 0 aliphatic rings. The first-order valence-corrected chi connectivity index (χ1v) is 6.33. The number of pyridine rings is 1. The number of hydrogen-bond acceptors (Lipinski definition) is 7. The largest absolute Gasteiger partial charge is 0.469 e. The molecule has 1 rings (SSSR count). The molecule has 0 fully saturated rings. The van der Waals surface area contributed by atoms with Gasteiger partial charge in [0.15, 0.2) is 5.82 Å². The fourth-order valence-corrected chi connectivity index (χ4v) is 1.68. The highest BCUT2D eigenvalue weighted by molar-refractivity contribution is 6.29. The number of nitrogens with zero attached hydrogens (tertiary/aromatic N) is 1. The molecule has 0 aliphatic carbocycles. The molecule has 9 heteroatoms. The normalized spacial score (nSPS) is 11.6. The van der Waals surface area contributed by atoms with Crippen molar-refractivity contribution in [2.24, 2.45) is 0 Å². The summed E-state index contributed by atoms with van der Waals surface area (Å²) in [5, 5.41) is 3.04. The summed E-state index contributed by atoms with van der Waals surface area (Å²) in [6.07, 6.45) is -0.205.